The van der Waals surface area contributed by atoms with Gasteiger partial charge in [-0.2, -0.15) is 0 Å². The van der Waals surface area contributed by atoms with Crippen LogP contribution in [-0.2, 0) is 20.8 Å². The molecule has 1 aliphatic heterocycles. The summed E-state index contributed by atoms with van der Waals surface area (Å²) < 4.78 is 28.4. The van der Waals surface area contributed by atoms with Gasteiger partial charge < -0.3 is 16.4 Å². The highest BCUT2D eigenvalue weighted by Gasteiger charge is 2.34. The molecular formula is C33H47F2N5O3S. The second kappa shape index (κ2) is 15.4. The normalized spacial score (nSPS) is 19.5. The summed E-state index contributed by atoms with van der Waals surface area (Å²) in [5.74, 6) is -3.15. The van der Waals surface area contributed by atoms with E-state index >= 15 is 0 Å². The Kier molecular flexibility index (Phi) is 11.9. The van der Waals surface area contributed by atoms with Gasteiger partial charge in [-0.3, -0.25) is 19.3 Å². The average molecular weight is 632 g/mol. The van der Waals surface area contributed by atoms with Gasteiger partial charge in [0.05, 0.1) is 15.2 Å². The molecule has 4 rings (SSSR count). The minimum absolute atomic E-state index is 0.198. The fraction of sp³-hybridized carbons (Fsp3) is 0.636. The summed E-state index contributed by atoms with van der Waals surface area (Å²) in [4.78, 5) is 45.3. The number of likely N-dealkylation sites (tertiary alicyclic amines) is 1. The van der Waals surface area contributed by atoms with Gasteiger partial charge in [0, 0.05) is 56.9 Å². The lowest BCUT2D eigenvalue weighted by atomic mass is 9.82. The van der Waals surface area contributed by atoms with Gasteiger partial charge in [0.2, 0.25) is 17.7 Å². The largest absolute Gasteiger partial charge is 0.366 e. The number of nitrogens with two attached hydrogens (primary N) is 1. The molecule has 2 aromatic rings. The van der Waals surface area contributed by atoms with Crippen LogP contribution in [0.1, 0.15) is 95.0 Å². The maximum Gasteiger partial charge on any atom is 0.250 e. The first-order chi connectivity index (χ1) is 20.9. The van der Waals surface area contributed by atoms with Crippen molar-refractivity contribution in [3.05, 3.63) is 40.4 Å². The molecule has 2 atom stereocenters. The van der Waals surface area contributed by atoms with Crippen molar-refractivity contribution in [1.82, 2.24) is 20.5 Å². The SMILES string of the molecule is CCC(=O)N[C@@H](Cc1nc2ccc(C(C)C)cc2s1)C(=O)N[C@@H](CC=C(CN1CCC(F)(F)CC1)C(N)=O)C1CCCCC1. The van der Waals surface area contributed by atoms with Gasteiger partial charge in [0.25, 0.3) is 5.92 Å². The maximum atomic E-state index is 13.8. The van der Waals surface area contributed by atoms with Crippen molar-refractivity contribution < 1.29 is 23.2 Å². The number of halogens is 2. The molecule has 44 heavy (non-hydrogen) atoms. The number of primary amides is 1. The van der Waals surface area contributed by atoms with Gasteiger partial charge in [0.1, 0.15) is 6.04 Å². The van der Waals surface area contributed by atoms with E-state index in [1.165, 1.54) is 16.9 Å². The number of benzene rings is 1. The highest BCUT2D eigenvalue weighted by molar-refractivity contribution is 7.18. The molecule has 1 aromatic carbocycles. The fourth-order valence-corrected chi connectivity index (χ4v) is 7.16. The van der Waals surface area contributed by atoms with Crippen LogP contribution < -0.4 is 16.4 Å². The topological polar surface area (TPSA) is 117 Å². The number of rotatable bonds is 13. The van der Waals surface area contributed by atoms with E-state index < -0.39 is 17.9 Å². The van der Waals surface area contributed by atoms with Crippen LogP contribution in [0, 0.1) is 5.92 Å². The molecule has 2 fully saturated rings. The molecule has 0 spiro atoms. The van der Waals surface area contributed by atoms with E-state index in [1.54, 1.807) is 13.0 Å². The predicted molar refractivity (Wildman–Crippen MR) is 171 cm³/mol. The van der Waals surface area contributed by atoms with Crippen molar-refractivity contribution in [2.75, 3.05) is 19.6 Å². The lowest BCUT2D eigenvalue weighted by molar-refractivity contribution is -0.129. The summed E-state index contributed by atoms with van der Waals surface area (Å²) in [5.41, 5.74) is 8.18. The van der Waals surface area contributed by atoms with E-state index in [4.69, 9.17) is 10.7 Å². The summed E-state index contributed by atoms with van der Waals surface area (Å²) in [5, 5.41) is 6.89. The molecule has 1 aromatic heterocycles. The fourth-order valence-electron chi connectivity index (χ4n) is 6.10. The minimum atomic E-state index is -2.67. The van der Waals surface area contributed by atoms with E-state index in [9.17, 15) is 23.2 Å². The number of fused-ring (bicyclic) bond motifs is 1. The Balaban J connectivity index is 1.51. The standard InChI is InChI=1S/C33H47F2N5O3S/c1-4-29(41)37-27(19-30-38-26-13-10-23(21(2)3)18-28(26)44-30)32(43)39-25(22-8-6-5-7-9-22)12-11-24(31(36)42)20-40-16-14-33(34,35)15-17-40/h10-11,13,18,21-22,25,27H,4-9,12,14-17,19-20H2,1-3H3,(H2,36,42)(H,37,41)(H,39,43)/t25-,27-/m0/s1. The van der Waals surface area contributed by atoms with Crippen LogP contribution >= 0.6 is 11.3 Å². The third-order valence-electron chi connectivity index (χ3n) is 8.94. The second-order valence-corrected chi connectivity index (χ2v) is 13.8. The van der Waals surface area contributed by atoms with Crippen LogP contribution in [0.25, 0.3) is 10.2 Å². The van der Waals surface area contributed by atoms with Gasteiger partial charge in [-0.25, -0.2) is 13.8 Å². The molecule has 11 heteroatoms. The summed E-state index contributed by atoms with van der Waals surface area (Å²) in [6.07, 6.45) is 7.38. The Morgan fingerprint density at radius 1 is 1.14 bits per heavy atom. The first-order valence-corrected chi connectivity index (χ1v) is 16.8. The number of amides is 3. The lowest BCUT2D eigenvalue weighted by Crippen LogP contribution is -2.52. The first kappa shape index (κ1) is 34.0. The zero-order valence-corrected chi connectivity index (χ0v) is 27.0. The lowest BCUT2D eigenvalue weighted by Gasteiger charge is -2.33. The Morgan fingerprint density at radius 3 is 2.48 bits per heavy atom. The number of carbonyl (C=O) groups is 3. The van der Waals surface area contributed by atoms with Crippen molar-refractivity contribution in [3.8, 4) is 0 Å². The molecule has 242 valence electrons. The van der Waals surface area contributed by atoms with Gasteiger partial charge in [0.15, 0.2) is 0 Å². The number of piperidine rings is 1. The quantitative estimate of drug-likeness (QED) is 0.254. The number of alkyl halides is 2. The van der Waals surface area contributed by atoms with Crippen LogP contribution in [0.2, 0.25) is 0 Å². The zero-order valence-electron chi connectivity index (χ0n) is 26.2. The van der Waals surface area contributed by atoms with Gasteiger partial charge in [-0.1, -0.05) is 52.2 Å². The van der Waals surface area contributed by atoms with Crippen molar-refractivity contribution >= 4 is 39.3 Å². The Hall–Kier alpha value is -2.92. The minimum Gasteiger partial charge on any atom is -0.366 e. The molecule has 0 radical (unpaired) electrons. The molecule has 1 saturated heterocycles. The highest BCUT2D eigenvalue weighted by atomic mass is 32.1. The molecule has 0 bridgehead atoms. The van der Waals surface area contributed by atoms with Crippen LogP contribution in [0.4, 0.5) is 8.78 Å². The Bertz CT molecular complexity index is 1330. The van der Waals surface area contributed by atoms with E-state index in [1.807, 2.05) is 11.0 Å². The molecule has 4 N–H and O–H groups in total. The molecule has 1 aliphatic carbocycles. The van der Waals surface area contributed by atoms with Crippen LogP contribution in [0.15, 0.2) is 29.8 Å². The predicted octanol–water partition coefficient (Wildman–Crippen LogP) is 5.46. The number of nitrogens with one attached hydrogen (secondary N) is 2. The Labute approximate surface area is 263 Å². The first-order valence-electron chi connectivity index (χ1n) is 16.0. The van der Waals surface area contributed by atoms with E-state index in [-0.39, 0.29) is 69.1 Å². The third kappa shape index (κ3) is 9.54. The molecular weight excluding hydrogens is 584 g/mol. The smallest absolute Gasteiger partial charge is 0.250 e. The number of thiazole rings is 1. The molecule has 8 nitrogen and oxygen atoms in total. The van der Waals surface area contributed by atoms with E-state index in [2.05, 4.69) is 36.6 Å². The second-order valence-electron chi connectivity index (χ2n) is 12.6. The van der Waals surface area contributed by atoms with Gasteiger partial charge in [-0.15, -0.1) is 11.3 Å². The summed E-state index contributed by atoms with van der Waals surface area (Å²) in [7, 11) is 0. The molecule has 1 saturated carbocycles. The van der Waals surface area contributed by atoms with Crippen molar-refractivity contribution in [1.29, 1.82) is 0 Å². The zero-order chi connectivity index (χ0) is 31.9. The van der Waals surface area contributed by atoms with Crippen molar-refractivity contribution in [3.63, 3.8) is 0 Å². The summed E-state index contributed by atoms with van der Waals surface area (Å²) in [6.45, 7) is 6.64. The highest BCUT2D eigenvalue weighted by Crippen LogP contribution is 2.31. The molecule has 2 aliphatic rings. The summed E-state index contributed by atoms with van der Waals surface area (Å²) in [6, 6.07) is 5.16. The number of nitrogens with zero attached hydrogens (tertiary/aromatic N) is 2. The van der Waals surface area contributed by atoms with E-state index in [0.717, 1.165) is 47.3 Å². The number of aromatic nitrogens is 1. The molecule has 2 heterocycles. The molecule has 0 unspecified atom stereocenters. The Morgan fingerprint density at radius 2 is 1.84 bits per heavy atom. The number of carbonyl (C=O) groups excluding carboxylic acids is 3. The average Bonchev–Trinajstić information content (AvgIpc) is 3.40. The van der Waals surface area contributed by atoms with Crippen LogP contribution in [0.5, 0.6) is 0 Å². The van der Waals surface area contributed by atoms with Gasteiger partial charge >= 0.3 is 0 Å². The monoisotopic (exact) mass is 631 g/mol. The van der Waals surface area contributed by atoms with Crippen molar-refractivity contribution in [2.45, 2.75) is 109 Å². The maximum absolute atomic E-state index is 13.8. The molecule has 3 amide bonds. The van der Waals surface area contributed by atoms with Crippen molar-refractivity contribution in [2.24, 2.45) is 11.7 Å². The van der Waals surface area contributed by atoms with Crippen LogP contribution in [-0.4, -0.2) is 65.2 Å². The van der Waals surface area contributed by atoms with Gasteiger partial charge in [-0.05, 0) is 48.8 Å². The van der Waals surface area contributed by atoms with Crippen LogP contribution in [0.3, 0.4) is 0 Å². The van der Waals surface area contributed by atoms with E-state index in [0.29, 0.717) is 17.9 Å². The third-order valence-corrected chi connectivity index (χ3v) is 9.98. The number of hydrogen-bond acceptors (Lipinski definition) is 6. The number of hydrogen-bond donors (Lipinski definition) is 3. The summed E-state index contributed by atoms with van der Waals surface area (Å²) >= 11 is 1.54.